The molecule has 166 valence electrons. The fourth-order valence-corrected chi connectivity index (χ4v) is 3.12. The van der Waals surface area contributed by atoms with E-state index in [0.717, 1.165) is 6.07 Å². The summed E-state index contributed by atoms with van der Waals surface area (Å²) in [7, 11) is 0. The van der Waals surface area contributed by atoms with Gasteiger partial charge < -0.3 is 14.4 Å². The second-order valence-electron chi connectivity index (χ2n) is 8.09. The quantitative estimate of drug-likeness (QED) is 0.501. The van der Waals surface area contributed by atoms with Gasteiger partial charge in [0.2, 0.25) is 0 Å². The van der Waals surface area contributed by atoms with Gasteiger partial charge in [0.1, 0.15) is 18.0 Å². The Balaban J connectivity index is 1.91. The van der Waals surface area contributed by atoms with Crippen molar-refractivity contribution in [2.24, 2.45) is 0 Å². The summed E-state index contributed by atoms with van der Waals surface area (Å²) in [5.41, 5.74) is -0.896. The van der Waals surface area contributed by atoms with Gasteiger partial charge >= 0.3 is 6.09 Å². The molecule has 0 N–H and O–H groups in total. The van der Waals surface area contributed by atoms with Gasteiger partial charge in [-0.25, -0.2) is 4.79 Å². The zero-order valence-electron chi connectivity index (χ0n) is 17.6. The van der Waals surface area contributed by atoms with Crippen LogP contribution in [0.15, 0.2) is 24.3 Å². The summed E-state index contributed by atoms with van der Waals surface area (Å²) in [6, 6.07) is 3.53. The summed E-state index contributed by atoms with van der Waals surface area (Å²) in [6.45, 7) is 9.87. The van der Waals surface area contributed by atoms with Gasteiger partial charge in [0, 0.05) is 56.0 Å². The van der Waals surface area contributed by atoms with Crippen LogP contribution in [0.2, 0.25) is 0 Å². The van der Waals surface area contributed by atoms with E-state index in [1.807, 2.05) is 27.7 Å². The molecule has 1 heterocycles. The van der Waals surface area contributed by atoms with Gasteiger partial charge in [0.15, 0.2) is 0 Å². The highest BCUT2D eigenvalue weighted by Gasteiger charge is 2.30. The number of halogens is 2. The Bertz CT molecular complexity index is 806. The first-order valence-electron chi connectivity index (χ1n) is 9.62. The van der Waals surface area contributed by atoms with Crippen molar-refractivity contribution in [3.05, 3.63) is 40.0 Å². The molecule has 1 amide bonds. The molecule has 0 radical (unpaired) electrons. The average molecular weight is 427 g/mol. The molecule has 0 spiro atoms. The molecule has 8 nitrogen and oxygen atoms in total. The number of hydrogen-bond acceptors (Lipinski definition) is 6. The van der Waals surface area contributed by atoms with Crippen LogP contribution in [-0.2, 0) is 4.74 Å². The normalized spacial score (nSPS) is 17.4. The molecule has 1 unspecified atom stereocenters. The third-order valence-electron chi connectivity index (χ3n) is 4.47. The molecular formula is C20H27F2N3O5. The smallest absolute Gasteiger partial charge is 0.410 e. The molecule has 10 heteroatoms. The molecule has 1 aromatic rings. The van der Waals surface area contributed by atoms with E-state index in [2.05, 4.69) is 4.90 Å². The lowest BCUT2D eigenvalue weighted by Gasteiger charge is -2.40. The maximum Gasteiger partial charge on any atom is 0.410 e. The maximum absolute atomic E-state index is 12.7. The van der Waals surface area contributed by atoms with Crippen LogP contribution in [0.5, 0.6) is 5.75 Å². The lowest BCUT2D eigenvalue weighted by Crippen LogP contribution is -2.55. The van der Waals surface area contributed by atoms with Crippen LogP contribution >= 0.6 is 0 Å². The van der Waals surface area contributed by atoms with Crippen molar-refractivity contribution in [1.82, 2.24) is 9.80 Å². The molecule has 0 aromatic heterocycles. The van der Waals surface area contributed by atoms with Crippen molar-refractivity contribution in [3.8, 4) is 5.75 Å². The number of nitrogens with zero attached hydrogens (tertiary/aromatic N) is 3. The monoisotopic (exact) mass is 427 g/mol. The third kappa shape index (κ3) is 6.94. The first-order valence-corrected chi connectivity index (χ1v) is 9.62. The van der Waals surface area contributed by atoms with Gasteiger partial charge in [-0.15, -0.1) is 0 Å². The summed E-state index contributed by atoms with van der Waals surface area (Å²) in [4.78, 5) is 26.3. The highest BCUT2D eigenvalue weighted by molar-refractivity contribution is 5.68. The highest BCUT2D eigenvalue weighted by atomic mass is 19.3. The Labute approximate surface area is 174 Å². The Morgan fingerprint density at radius 1 is 1.33 bits per heavy atom. The molecule has 0 bridgehead atoms. The number of carbonyl (C=O) groups excluding carboxylic acids is 1. The summed E-state index contributed by atoms with van der Waals surface area (Å²) in [6.07, 6.45) is -1.77. The number of carbonyl (C=O) groups is 1. The lowest BCUT2D eigenvalue weighted by molar-refractivity contribution is -0.384. The zero-order chi connectivity index (χ0) is 22.5. The standard InChI is InChI=1S/C20H27F2N3O5/c1-14-13-23(7-8-24(14)19(26)30-20(2,3)4)9-10-29-17-6-5-16(25(27)28)11-15(17)12-18(21)22/h5-6,11-12,14H,7-10,13H2,1-4H3. The molecule has 30 heavy (non-hydrogen) atoms. The minimum absolute atomic E-state index is 0.0488. The number of rotatable bonds is 6. The van der Waals surface area contributed by atoms with Crippen molar-refractivity contribution in [3.63, 3.8) is 0 Å². The largest absolute Gasteiger partial charge is 0.492 e. The Hall–Kier alpha value is -2.75. The van der Waals surface area contributed by atoms with Crippen LogP contribution in [0.1, 0.15) is 33.3 Å². The van der Waals surface area contributed by atoms with E-state index in [9.17, 15) is 23.7 Å². The zero-order valence-corrected chi connectivity index (χ0v) is 17.6. The van der Waals surface area contributed by atoms with Crippen molar-refractivity contribution in [2.75, 3.05) is 32.8 Å². The lowest BCUT2D eigenvalue weighted by atomic mass is 10.1. The SMILES string of the molecule is CC1CN(CCOc2ccc([N+](=O)[O-])cc2C=C(F)F)CCN1C(=O)OC(C)(C)C. The summed E-state index contributed by atoms with van der Waals surface area (Å²) >= 11 is 0. The second-order valence-corrected chi connectivity index (χ2v) is 8.09. The topological polar surface area (TPSA) is 85.2 Å². The third-order valence-corrected chi connectivity index (χ3v) is 4.47. The van der Waals surface area contributed by atoms with Crippen molar-refractivity contribution < 1.29 is 28.0 Å². The van der Waals surface area contributed by atoms with E-state index in [1.165, 1.54) is 12.1 Å². The first kappa shape index (κ1) is 23.5. The van der Waals surface area contributed by atoms with E-state index in [4.69, 9.17) is 9.47 Å². The molecule has 1 atom stereocenters. The first-order chi connectivity index (χ1) is 14.0. The Morgan fingerprint density at radius 2 is 2.03 bits per heavy atom. The van der Waals surface area contributed by atoms with Crippen LogP contribution in [0, 0.1) is 10.1 Å². The molecule has 1 aliphatic heterocycles. The molecule has 2 rings (SSSR count). The number of hydrogen-bond donors (Lipinski definition) is 0. The number of amides is 1. The number of non-ortho nitro benzene ring substituents is 1. The predicted molar refractivity (Wildman–Crippen MR) is 108 cm³/mol. The molecule has 0 saturated carbocycles. The summed E-state index contributed by atoms with van der Waals surface area (Å²) in [5, 5.41) is 10.9. The van der Waals surface area contributed by atoms with Gasteiger partial charge in [0.05, 0.1) is 4.92 Å². The molecule has 0 aliphatic carbocycles. The number of ether oxygens (including phenoxy) is 2. The number of nitro groups is 1. The minimum atomic E-state index is -1.97. The Kier molecular flexibility index (Phi) is 7.71. The molecule has 1 fully saturated rings. The van der Waals surface area contributed by atoms with E-state index in [1.54, 1.807) is 4.90 Å². The van der Waals surface area contributed by atoms with Crippen LogP contribution < -0.4 is 4.74 Å². The second kappa shape index (κ2) is 9.84. The van der Waals surface area contributed by atoms with Gasteiger partial charge in [-0.1, -0.05) is 0 Å². The predicted octanol–water partition coefficient (Wildman–Crippen LogP) is 4.15. The number of piperazine rings is 1. The van der Waals surface area contributed by atoms with Crippen molar-refractivity contribution in [1.29, 1.82) is 0 Å². The van der Waals surface area contributed by atoms with Crippen molar-refractivity contribution in [2.45, 2.75) is 39.3 Å². The van der Waals surface area contributed by atoms with Gasteiger partial charge in [-0.05, 0) is 33.8 Å². The Morgan fingerprint density at radius 3 is 2.60 bits per heavy atom. The van der Waals surface area contributed by atoms with Crippen LogP contribution in [0.3, 0.4) is 0 Å². The van der Waals surface area contributed by atoms with Crippen LogP contribution in [-0.4, -0.2) is 65.2 Å². The maximum atomic E-state index is 12.7. The highest BCUT2D eigenvalue weighted by Crippen LogP contribution is 2.27. The fraction of sp³-hybridized carbons (Fsp3) is 0.550. The molecule has 1 saturated heterocycles. The van der Waals surface area contributed by atoms with Crippen LogP contribution in [0.4, 0.5) is 19.3 Å². The minimum Gasteiger partial charge on any atom is -0.492 e. The molecule has 1 aliphatic rings. The fourth-order valence-electron chi connectivity index (χ4n) is 3.12. The number of nitro benzene ring substituents is 1. The summed E-state index contributed by atoms with van der Waals surface area (Å²) in [5.74, 6) is 0.147. The van der Waals surface area contributed by atoms with Gasteiger partial charge in [-0.2, -0.15) is 8.78 Å². The van der Waals surface area contributed by atoms with E-state index in [-0.39, 0.29) is 35.7 Å². The van der Waals surface area contributed by atoms with E-state index >= 15 is 0 Å². The average Bonchev–Trinajstić information content (AvgIpc) is 2.60. The van der Waals surface area contributed by atoms with Gasteiger partial charge in [0.25, 0.3) is 11.8 Å². The van der Waals surface area contributed by atoms with E-state index < -0.39 is 16.6 Å². The summed E-state index contributed by atoms with van der Waals surface area (Å²) < 4.78 is 36.4. The van der Waals surface area contributed by atoms with Crippen molar-refractivity contribution >= 4 is 17.9 Å². The number of benzene rings is 1. The van der Waals surface area contributed by atoms with E-state index in [0.29, 0.717) is 32.3 Å². The molecule has 1 aromatic carbocycles. The van der Waals surface area contributed by atoms with Gasteiger partial charge in [-0.3, -0.25) is 15.0 Å². The van der Waals surface area contributed by atoms with Crippen LogP contribution in [0.25, 0.3) is 6.08 Å². The molecular weight excluding hydrogens is 400 g/mol.